The van der Waals surface area contributed by atoms with E-state index in [1.807, 2.05) is 61.0 Å². The van der Waals surface area contributed by atoms with Crippen molar-refractivity contribution in [3.63, 3.8) is 0 Å². The molecule has 0 bridgehead atoms. The van der Waals surface area contributed by atoms with E-state index >= 15 is 0 Å². The Bertz CT molecular complexity index is 957. The molecular weight excluding hydrogens is 352 g/mol. The number of hydrogen-bond donors (Lipinski definition) is 1. The van der Waals surface area contributed by atoms with Gasteiger partial charge in [-0.15, -0.1) is 5.10 Å². The minimum atomic E-state index is -0.104. The summed E-state index contributed by atoms with van der Waals surface area (Å²) < 4.78 is 1.94. The van der Waals surface area contributed by atoms with E-state index in [-0.39, 0.29) is 11.9 Å². The van der Waals surface area contributed by atoms with E-state index in [1.54, 1.807) is 6.20 Å². The summed E-state index contributed by atoms with van der Waals surface area (Å²) in [5, 5.41) is 15.9. The maximum Gasteiger partial charge on any atom is 0.257 e. The number of amides is 1. The summed E-state index contributed by atoms with van der Waals surface area (Å²) in [5.41, 5.74) is 2.56. The van der Waals surface area contributed by atoms with Gasteiger partial charge in [-0.05, 0) is 50.5 Å². The van der Waals surface area contributed by atoms with Crippen LogP contribution in [-0.4, -0.2) is 39.0 Å². The molecule has 3 heterocycles. The van der Waals surface area contributed by atoms with Gasteiger partial charge in [0.25, 0.3) is 5.91 Å². The fourth-order valence-corrected chi connectivity index (χ4v) is 3.62. The lowest BCUT2D eigenvalue weighted by Crippen LogP contribution is -2.36. The van der Waals surface area contributed by atoms with E-state index in [2.05, 4.69) is 25.5 Å². The van der Waals surface area contributed by atoms with Gasteiger partial charge >= 0.3 is 0 Å². The second-order valence-corrected chi connectivity index (χ2v) is 7.18. The van der Waals surface area contributed by atoms with E-state index in [0.717, 1.165) is 48.8 Å². The minimum absolute atomic E-state index is 0.104. The lowest BCUT2D eigenvalue weighted by molar-refractivity contribution is 0.102. The molecule has 1 saturated heterocycles. The van der Waals surface area contributed by atoms with Crippen molar-refractivity contribution in [3.05, 3.63) is 65.5 Å². The molecule has 144 valence electrons. The van der Waals surface area contributed by atoms with Gasteiger partial charge < -0.3 is 10.2 Å². The van der Waals surface area contributed by atoms with Crippen molar-refractivity contribution in [1.82, 2.24) is 20.0 Å². The molecule has 7 heteroatoms. The summed E-state index contributed by atoms with van der Waals surface area (Å²) in [6, 6.07) is 13.7. The van der Waals surface area contributed by atoms with Gasteiger partial charge in [-0.2, -0.15) is 10.2 Å². The Labute approximate surface area is 164 Å². The molecular formula is C21H24N6O. The van der Waals surface area contributed by atoms with E-state index in [1.165, 1.54) is 0 Å². The smallest absolute Gasteiger partial charge is 0.257 e. The first kappa shape index (κ1) is 18.2. The third kappa shape index (κ3) is 3.74. The van der Waals surface area contributed by atoms with Gasteiger partial charge in [0.05, 0.1) is 17.9 Å². The largest absolute Gasteiger partial charge is 0.355 e. The van der Waals surface area contributed by atoms with Gasteiger partial charge in [0.2, 0.25) is 0 Å². The lowest BCUT2D eigenvalue weighted by Gasteiger charge is -2.33. The summed E-state index contributed by atoms with van der Waals surface area (Å²) in [5.74, 6) is 1.55. The van der Waals surface area contributed by atoms with Gasteiger partial charge in [-0.1, -0.05) is 18.2 Å². The highest BCUT2D eigenvalue weighted by Gasteiger charge is 2.24. The highest BCUT2D eigenvalue weighted by atomic mass is 16.1. The van der Waals surface area contributed by atoms with Gasteiger partial charge in [0.15, 0.2) is 5.82 Å². The molecule has 28 heavy (non-hydrogen) atoms. The molecule has 0 saturated carbocycles. The molecule has 3 aromatic rings. The number of piperidine rings is 1. The number of anilines is 2. The molecule has 1 aliphatic rings. The third-order valence-electron chi connectivity index (χ3n) is 5.22. The number of benzene rings is 1. The van der Waals surface area contributed by atoms with Crippen LogP contribution in [0.3, 0.4) is 0 Å². The zero-order valence-corrected chi connectivity index (χ0v) is 16.2. The van der Waals surface area contributed by atoms with Gasteiger partial charge in [0, 0.05) is 24.7 Å². The maximum atomic E-state index is 12.7. The first-order valence-corrected chi connectivity index (χ1v) is 9.57. The Kier molecular flexibility index (Phi) is 5.06. The Morgan fingerprint density at radius 2 is 1.82 bits per heavy atom. The summed E-state index contributed by atoms with van der Waals surface area (Å²) >= 11 is 0. The summed E-state index contributed by atoms with van der Waals surface area (Å²) in [7, 11) is 0. The zero-order chi connectivity index (χ0) is 19.5. The topological polar surface area (TPSA) is 75.9 Å². The Morgan fingerprint density at radius 1 is 1.04 bits per heavy atom. The van der Waals surface area contributed by atoms with Crippen molar-refractivity contribution in [2.75, 3.05) is 23.3 Å². The average molecular weight is 376 g/mol. The van der Waals surface area contributed by atoms with Gasteiger partial charge in [0.1, 0.15) is 5.82 Å². The van der Waals surface area contributed by atoms with Crippen LogP contribution in [0.1, 0.15) is 40.5 Å². The van der Waals surface area contributed by atoms with Crippen LogP contribution in [-0.2, 0) is 0 Å². The Balaban J connectivity index is 1.43. The maximum absolute atomic E-state index is 12.7. The van der Waals surface area contributed by atoms with Gasteiger partial charge in [-0.3, -0.25) is 4.79 Å². The van der Waals surface area contributed by atoms with Crippen LogP contribution < -0.4 is 10.2 Å². The van der Waals surface area contributed by atoms with Crippen molar-refractivity contribution < 1.29 is 4.79 Å². The molecule has 1 aliphatic heterocycles. The Morgan fingerprint density at radius 3 is 2.54 bits per heavy atom. The van der Waals surface area contributed by atoms with Crippen molar-refractivity contribution in [2.24, 2.45) is 0 Å². The van der Waals surface area contributed by atoms with E-state index < -0.39 is 0 Å². The molecule has 0 atom stereocenters. The van der Waals surface area contributed by atoms with Crippen LogP contribution in [0.15, 0.2) is 48.7 Å². The number of aryl methyl sites for hydroxylation is 2. The highest BCUT2D eigenvalue weighted by Crippen LogP contribution is 2.27. The quantitative estimate of drug-likeness (QED) is 0.755. The lowest BCUT2D eigenvalue weighted by atomic mass is 10.1. The van der Waals surface area contributed by atoms with Crippen molar-refractivity contribution >= 4 is 17.5 Å². The molecule has 1 N–H and O–H groups in total. The number of rotatable bonds is 4. The molecule has 2 aromatic heterocycles. The second kappa shape index (κ2) is 7.80. The number of aromatic nitrogens is 4. The van der Waals surface area contributed by atoms with Crippen molar-refractivity contribution in [1.29, 1.82) is 0 Å². The molecule has 1 amide bonds. The molecule has 0 aliphatic carbocycles. The normalized spacial score (nSPS) is 14.9. The number of carbonyl (C=O) groups is 1. The van der Waals surface area contributed by atoms with Crippen LogP contribution >= 0.6 is 0 Å². The SMILES string of the molecule is Cc1ccc(N2CCC(n3nccc3NC(=O)c3ccccc3C)CC2)nn1. The first-order chi connectivity index (χ1) is 13.6. The summed E-state index contributed by atoms with van der Waals surface area (Å²) in [6.07, 6.45) is 3.61. The van der Waals surface area contributed by atoms with Crippen molar-refractivity contribution in [3.8, 4) is 0 Å². The monoisotopic (exact) mass is 376 g/mol. The van der Waals surface area contributed by atoms with Crippen LogP contribution in [0, 0.1) is 13.8 Å². The fourth-order valence-electron chi connectivity index (χ4n) is 3.62. The number of nitrogens with zero attached hydrogens (tertiary/aromatic N) is 5. The molecule has 1 fully saturated rings. The molecule has 0 radical (unpaired) electrons. The number of carbonyl (C=O) groups excluding carboxylic acids is 1. The van der Waals surface area contributed by atoms with Crippen LogP contribution in [0.5, 0.6) is 0 Å². The number of hydrogen-bond acceptors (Lipinski definition) is 5. The molecule has 7 nitrogen and oxygen atoms in total. The van der Waals surface area contributed by atoms with E-state index in [4.69, 9.17) is 0 Å². The predicted molar refractivity (Wildman–Crippen MR) is 109 cm³/mol. The highest BCUT2D eigenvalue weighted by molar-refractivity contribution is 6.04. The standard InChI is InChI=1S/C21H24N6O/c1-15-5-3-4-6-18(15)21(28)23-19-9-12-22-27(19)17-10-13-26(14-11-17)20-8-7-16(2)24-25-20/h3-9,12,17H,10-11,13-14H2,1-2H3,(H,23,28). The minimum Gasteiger partial charge on any atom is -0.355 e. The first-order valence-electron chi connectivity index (χ1n) is 9.57. The van der Waals surface area contributed by atoms with Crippen LogP contribution in [0.4, 0.5) is 11.6 Å². The predicted octanol–water partition coefficient (Wildman–Crippen LogP) is 3.38. The van der Waals surface area contributed by atoms with E-state index in [0.29, 0.717) is 5.56 Å². The zero-order valence-electron chi connectivity index (χ0n) is 16.2. The van der Waals surface area contributed by atoms with Crippen LogP contribution in [0.2, 0.25) is 0 Å². The van der Waals surface area contributed by atoms with Crippen LogP contribution in [0.25, 0.3) is 0 Å². The Hall–Kier alpha value is -3.22. The second-order valence-electron chi connectivity index (χ2n) is 7.18. The molecule has 4 rings (SSSR count). The van der Waals surface area contributed by atoms with Crippen molar-refractivity contribution in [2.45, 2.75) is 32.7 Å². The third-order valence-corrected chi connectivity index (χ3v) is 5.22. The summed E-state index contributed by atoms with van der Waals surface area (Å²) in [6.45, 7) is 5.64. The average Bonchev–Trinajstić information content (AvgIpc) is 3.17. The molecule has 1 aromatic carbocycles. The molecule has 0 unspecified atom stereocenters. The van der Waals surface area contributed by atoms with E-state index in [9.17, 15) is 4.79 Å². The summed E-state index contributed by atoms with van der Waals surface area (Å²) in [4.78, 5) is 14.9. The van der Waals surface area contributed by atoms with Gasteiger partial charge in [-0.25, -0.2) is 4.68 Å². The molecule has 0 spiro atoms. The number of nitrogens with one attached hydrogen (secondary N) is 1. The fraction of sp³-hybridized carbons (Fsp3) is 0.333.